The highest BCUT2D eigenvalue weighted by Crippen LogP contribution is 2.38. The number of aromatic nitrogens is 4. The zero-order valence-corrected chi connectivity index (χ0v) is 33.6. The average molecular weight is 812 g/mol. The van der Waals surface area contributed by atoms with Gasteiger partial charge in [0.1, 0.15) is 47.2 Å². The van der Waals surface area contributed by atoms with Crippen LogP contribution in [0, 0.1) is 0 Å². The van der Waals surface area contributed by atoms with Crippen LogP contribution in [0.25, 0.3) is 22.3 Å². The number of nitrogens with zero attached hydrogens (tertiary/aromatic N) is 7. The number of imide groups is 2. The van der Waals surface area contributed by atoms with Gasteiger partial charge in [0.05, 0.1) is 22.6 Å². The van der Waals surface area contributed by atoms with Gasteiger partial charge < -0.3 is 20.1 Å². The lowest BCUT2D eigenvalue weighted by atomic mass is 9.86. The fraction of sp³-hybridized carbons (Fsp3) is 0.400. The molecular formula is C45H49N9O6. The monoisotopic (exact) mass is 811 g/mol. The summed E-state index contributed by atoms with van der Waals surface area (Å²) in [6.07, 6.45) is 9.13. The molecule has 3 aliphatic heterocycles. The van der Waals surface area contributed by atoms with Crippen LogP contribution in [0.4, 0.5) is 5.82 Å². The first-order chi connectivity index (χ1) is 29.3. The molecule has 3 fully saturated rings. The molecule has 4 amide bonds. The molecule has 1 unspecified atom stereocenters. The summed E-state index contributed by atoms with van der Waals surface area (Å²) in [5.74, 6) is 0.713. The van der Waals surface area contributed by atoms with E-state index < -0.39 is 23.8 Å². The number of nitrogen functional groups attached to an aromatic ring is 1. The summed E-state index contributed by atoms with van der Waals surface area (Å²) in [5.41, 5.74) is 9.38. The molecule has 0 bridgehead atoms. The quantitative estimate of drug-likeness (QED) is 0.111. The largest absolute Gasteiger partial charge is 0.488 e. The summed E-state index contributed by atoms with van der Waals surface area (Å²) in [6, 6.07) is 22.7. The van der Waals surface area contributed by atoms with Crippen LogP contribution in [-0.4, -0.2) is 109 Å². The smallest absolute Gasteiger partial charge is 0.262 e. The molecule has 15 nitrogen and oxygen atoms in total. The maximum atomic E-state index is 13.3. The van der Waals surface area contributed by atoms with Crippen LogP contribution in [0.15, 0.2) is 79.1 Å². The number of hydrogen-bond acceptors (Lipinski definition) is 12. The minimum Gasteiger partial charge on any atom is -0.488 e. The van der Waals surface area contributed by atoms with Gasteiger partial charge in [-0.2, -0.15) is 5.10 Å². The second-order valence-electron chi connectivity index (χ2n) is 16.2. The van der Waals surface area contributed by atoms with Crippen LogP contribution in [-0.2, 0) is 9.59 Å². The van der Waals surface area contributed by atoms with Gasteiger partial charge in [0.2, 0.25) is 12.3 Å². The summed E-state index contributed by atoms with van der Waals surface area (Å²) in [5, 5.41) is 8.00. The number of nitrogens with one attached hydrogen (secondary N) is 1. The lowest BCUT2D eigenvalue weighted by molar-refractivity contribution is -0.128. The molecule has 9 rings (SSSR count). The number of piperidine rings is 1. The number of carbonyl (C=O) groups excluding carboxylic acids is 4. The number of carbonyl (C=O) groups is 4. The maximum absolute atomic E-state index is 13.3. The standard InChI is InChI=1S/C45H49N9O6/c1-2-6-38(43(56)49-27-55)53-44(57)36-18-17-34(23-37(36)45(53)58)60-35-24-52(25-35)30-13-11-29(12-14-30)51-21-19-31(20-22-51)54-42-39(41(46)47-26-48-42)40(50-54)28-9-15-33(16-10-28)59-32-7-4-3-5-8-32/h3-5,7-10,15-18,23,26-27,29-31,35,38H,2,6,11-14,19-22,24-25H2,1H3,(H2,46,47,48)(H,49,55,56). The van der Waals surface area contributed by atoms with Gasteiger partial charge in [-0.3, -0.25) is 34.3 Å². The average Bonchev–Trinajstić information content (AvgIpc) is 3.77. The van der Waals surface area contributed by atoms with Gasteiger partial charge in [-0.05, 0) is 99.5 Å². The van der Waals surface area contributed by atoms with E-state index >= 15 is 0 Å². The normalized spacial score (nSPS) is 20.8. The van der Waals surface area contributed by atoms with Crippen molar-refractivity contribution in [2.45, 2.75) is 88.6 Å². The van der Waals surface area contributed by atoms with E-state index in [2.05, 4.69) is 29.8 Å². The predicted molar refractivity (Wildman–Crippen MR) is 223 cm³/mol. The lowest BCUT2D eigenvalue weighted by Crippen LogP contribution is -2.59. The van der Waals surface area contributed by atoms with Crippen molar-refractivity contribution in [1.29, 1.82) is 0 Å². The predicted octanol–water partition coefficient (Wildman–Crippen LogP) is 5.62. The number of likely N-dealkylation sites (tertiary alicyclic amines) is 2. The number of fused-ring (bicyclic) bond motifs is 2. The van der Waals surface area contributed by atoms with E-state index in [4.69, 9.17) is 20.3 Å². The minimum absolute atomic E-state index is 0.0122. The first-order valence-corrected chi connectivity index (χ1v) is 21.0. The summed E-state index contributed by atoms with van der Waals surface area (Å²) >= 11 is 0. The summed E-state index contributed by atoms with van der Waals surface area (Å²) < 4.78 is 14.4. The van der Waals surface area contributed by atoms with Crippen molar-refractivity contribution in [2.24, 2.45) is 0 Å². The highest BCUT2D eigenvalue weighted by molar-refractivity contribution is 6.23. The van der Waals surface area contributed by atoms with E-state index in [0.717, 1.165) is 103 Å². The van der Waals surface area contributed by atoms with Gasteiger partial charge in [0.25, 0.3) is 11.8 Å². The number of ether oxygens (including phenoxy) is 2. The number of nitrogens with two attached hydrogens (primary N) is 1. The first kappa shape index (κ1) is 39.3. The van der Waals surface area contributed by atoms with Crippen LogP contribution in [0.5, 0.6) is 17.2 Å². The highest BCUT2D eigenvalue weighted by atomic mass is 16.5. The first-order valence-electron chi connectivity index (χ1n) is 21.0. The molecule has 0 spiro atoms. The lowest BCUT2D eigenvalue weighted by Gasteiger charge is -2.48. The minimum atomic E-state index is -1.05. The summed E-state index contributed by atoms with van der Waals surface area (Å²) in [7, 11) is 0. The van der Waals surface area contributed by atoms with Gasteiger partial charge in [-0.15, -0.1) is 0 Å². The van der Waals surface area contributed by atoms with Crippen molar-refractivity contribution in [1.82, 2.24) is 39.8 Å². The van der Waals surface area contributed by atoms with Gasteiger partial charge >= 0.3 is 0 Å². The van der Waals surface area contributed by atoms with Gasteiger partial charge in [-0.1, -0.05) is 31.5 Å². The summed E-state index contributed by atoms with van der Waals surface area (Å²) in [6.45, 7) is 5.46. The Balaban J connectivity index is 0.762. The Hall–Kier alpha value is -6.19. The number of anilines is 1. The number of hydrogen-bond donors (Lipinski definition) is 2. The molecule has 2 aromatic heterocycles. The molecule has 1 saturated carbocycles. The Morgan fingerprint density at radius 2 is 1.50 bits per heavy atom. The number of benzene rings is 3. The highest BCUT2D eigenvalue weighted by Gasteiger charge is 2.43. The Kier molecular flexibility index (Phi) is 11.0. The molecule has 1 atom stereocenters. The zero-order chi connectivity index (χ0) is 41.3. The molecule has 2 saturated heterocycles. The van der Waals surface area contributed by atoms with E-state index in [1.165, 1.54) is 6.33 Å². The SMILES string of the molecule is CCCC(C(=O)NC=O)N1C(=O)c2ccc(OC3CN(C4CCC(N5CCC(n6nc(-c7ccc(Oc8ccccc8)cc7)c7c(N)ncnc76)CC5)CC4)C3)cc2C1=O. The second kappa shape index (κ2) is 16.8. The molecule has 3 aromatic carbocycles. The van der Waals surface area contributed by atoms with Gasteiger partial charge in [0.15, 0.2) is 5.65 Å². The van der Waals surface area contributed by atoms with Crippen molar-refractivity contribution in [3.8, 4) is 28.5 Å². The van der Waals surface area contributed by atoms with Crippen molar-refractivity contribution in [3.05, 3.63) is 90.3 Å². The Bertz CT molecular complexity index is 2380. The number of rotatable bonds is 13. The van der Waals surface area contributed by atoms with Crippen LogP contribution in [0.1, 0.15) is 85.0 Å². The van der Waals surface area contributed by atoms with Crippen molar-refractivity contribution < 1.29 is 28.7 Å². The molecule has 310 valence electrons. The fourth-order valence-electron chi connectivity index (χ4n) is 9.48. The van der Waals surface area contributed by atoms with Crippen LogP contribution >= 0.6 is 0 Å². The van der Waals surface area contributed by atoms with E-state index in [-0.39, 0.29) is 36.1 Å². The molecule has 4 aliphatic rings. The van der Waals surface area contributed by atoms with E-state index in [1.807, 2.05) is 61.5 Å². The molecule has 5 aromatic rings. The molecule has 3 N–H and O–H groups in total. The van der Waals surface area contributed by atoms with Crippen LogP contribution in [0.3, 0.4) is 0 Å². The van der Waals surface area contributed by atoms with Crippen molar-refractivity contribution in [3.63, 3.8) is 0 Å². The number of para-hydroxylation sites is 1. The Morgan fingerprint density at radius 1 is 0.833 bits per heavy atom. The second-order valence-corrected chi connectivity index (χ2v) is 16.2. The van der Waals surface area contributed by atoms with Crippen LogP contribution < -0.4 is 20.5 Å². The van der Waals surface area contributed by atoms with Crippen molar-refractivity contribution >= 4 is 41.0 Å². The third-order valence-electron chi connectivity index (χ3n) is 12.6. The number of amides is 4. The topological polar surface area (TPSA) is 178 Å². The Morgan fingerprint density at radius 3 is 2.20 bits per heavy atom. The Labute approximate surface area is 347 Å². The molecule has 5 heterocycles. The molecule has 0 radical (unpaired) electrons. The third kappa shape index (κ3) is 7.58. The van der Waals surface area contributed by atoms with Gasteiger partial charge in [0, 0.05) is 43.8 Å². The third-order valence-corrected chi connectivity index (χ3v) is 12.6. The zero-order valence-electron chi connectivity index (χ0n) is 33.6. The molecular weight excluding hydrogens is 763 g/mol. The van der Waals surface area contributed by atoms with Crippen LogP contribution in [0.2, 0.25) is 0 Å². The fourth-order valence-corrected chi connectivity index (χ4v) is 9.48. The van der Waals surface area contributed by atoms with E-state index in [9.17, 15) is 19.2 Å². The van der Waals surface area contributed by atoms with E-state index in [1.54, 1.807) is 18.2 Å². The van der Waals surface area contributed by atoms with Gasteiger partial charge in [-0.25, -0.2) is 14.6 Å². The molecule has 1 aliphatic carbocycles. The van der Waals surface area contributed by atoms with E-state index in [0.29, 0.717) is 30.1 Å². The van der Waals surface area contributed by atoms with Crippen molar-refractivity contribution in [2.75, 3.05) is 31.9 Å². The molecule has 60 heavy (non-hydrogen) atoms. The molecule has 15 heteroatoms. The maximum Gasteiger partial charge on any atom is 0.262 e. The summed E-state index contributed by atoms with van der Waals surface area (Å²) in [4.78, 5) is 65.1.